The van der Waals surface area contributed by atoms with Crippen molar-refractivity contribution in [1.29, 1.82) is 0 Å². The quantitative estimate of drug-likeness (QED) is 0.427. The van der Waals surface area contributed by atoms with E-state index in [-0.39, 0.29) is 18.2 Å². The topological polar surface area (TPSA) is 108 Å². The fourth-order valence-electron chi connectivity index (χ4n) is 3.30. The summed E-state index contributed by atoms with van der Waals surface area (Å²) in [5.41, 5.74) is 0.763. The summed E-state index contributed by atoms with van der Waals surface area (Å²) >= 11 is 0. The number of hydrogen-bond acceptors (Lipinski definition) is 5. The van der Waals surface area contributed by atoms with Gasteiger partial charge in [0, 0.05) is 11.8 Å². The number of nitro groups is 1. The van der Waals surface area contributed by atoms with E-state index in [0.29, 0.717) is 23.4 Å². The highest BCUT2D eigenvalue weighted by Gasteiger charge is 2.30. The molecule has 0 saturated carbocycles. The van der Waals surface area contributed by atoms with Gasteiger partial charge in [0.15, 0.2) is 11.9 Å². The average molecular weight is 450 g/mol. The molecule has 3 rings (SSSR count). The van der Waals surface area contributed by atoms with E-state index in [4.69, 9.17) is 0 Å². The Kier molecular flexibility index (Phi) is 6.32. The van der Waals surface area contributed by atoms with Crippen LogP contribution in [-0.2, 0) is 17.5 Å². The zero-order chi connectivity index (χ0) is 23.6. The molecule has 1 unspecified atom stereocenters. The lowest BCUT2D eigenvalue weighted by molar-refractivity contribution is -0.389. The summed E-state index contributed by atoms with van der Waals surface area (Å²) in [6.07, 6.45) is -4.11. The number of carbonyl (C=O) groups is 1. The van der Waals surface area contributed by atoms with Gasteiger partial charge in [0.05, 0.1) is 29.0 Å². The van der Waals surface area contributed by atoms with Crippen LogP contribution in [0.2, 0.25) is 0 Å². The molecule has 0 spiro atoms. The molecule has 0 aliphatic rings. The number of aryl methyl sites for hydroxylation is 2. The summed E-state index contributed by atoms with van der Waals surface area (Å²) in [7, 11) is 0. The number of aromatic nitrogens is 4. The normalized spacial score (nSPS) is 12.6. The number of amides is 1. The molecule has 1 N–H and O–H groups in total. The maximum Gasteiger partial charge on any atom is 0.416 e. The van der Waals surface area contributed by atoms with Crippen LogP contribution in [0.1, 0.15) is 41.9 Å². The molecule has 0 radical (unpaired) electrons. The molecular weight excluding hydrogens is 429 g/mol. The van der Waals surface area contributed by atoms with Gasteiger partial charge in [0.25, 0.3) is 5.91 Å². The fourth-order valence-corrected chi connectivity index (χ4v) is 3.30. The van der Waals surface area contributed by atoms with Crippen molar-refractivity contribution in [3.8, 4) is 0 Å². The van der Waals surface area contributed by atoms with Crippen LogP contribution in [0, 0.1) is 24.0 Å². The highest BCUT2D eigenvalue weighted by Crippen LogP contribution is 2.30. The highest BCUT2D eigenvalue weighted by atomic mass is 19.4. The summed E-state index contributed by atoms with van der Waals surface area (Å²) < 4.78 is 41.6. The molecule has 0 aliphatic heterocycles. The van der Waals surface area contributed by atoms with Gasteiger partial charge in [-0.05, 0) is 42.9 Å². The Balaban J connectivity index is 1.77. The zero-order valence-corrected chi connectivity index (χ0v) is 17.6. The first-order valence-corrected chi connectivity index (χ1v) is 9.71. The molecule has 2 aromatic heterocycles. The summed E-state index contributed by atoms with van der Waals surface area (Å²) in [5.74, 6) is -0.593. The Morgan fingerprint density at radius 3 is 2.50 bits per heavy atom. The van der Waals surface area contributed by atoms with Gasteiger partial charge in [-0.3, -0.25) is 9.48 Å². The first-order chi connectivity index (χ1) is 15.0. The lowest BCUT2D eigenvalue weighted by atomic mass is 10.1. The second-order valence-corrected chi connectivity index (χ2v) is 7.29. The van der Waals surface area contributed by atoms with Crippen LogP contribution >= 0.6 is 0 Å². The molecule has 1 amide bonds. The predicted octanol–water partition coefficient (Wildman–Crippen LogP) is 4.26. The van der Waals surface area contributed by atoms with Gasteiger partial charge in [-0.2, -0.15) is 23.0 Å². The largest absolute Gasteiger partial charge is 0.416 e. The highest BCUT2D eigenvalue weighted by molar-refractivity contribution is 5.92. The van der Waals surface area contributed by atoms with E-state index in [0.717, 1.165) is 12.1 Å². The van der Waals surface area contributed by atoms with Gasteiger partial charge >= 0.3 is 12.0 Å². The number of hydrogen-bond donors (Lipinski definition) is 1. The monoisotopic (exact) mass is 450 g/mol. The summed E-state index contributed by atoms with van der Waals surface area (Å²) in [6, 6.07) is 7.03. The van der Waals surface area contributed by atoms with E-state index in [1.165, 1.54) is 21.5 Å². The lowest BCUT2D eigenvalue weighted by Crippen LogP contribution is -2.27. The van der Waals surface area contributed by atoms with E-state index < -0.39 is 28.6 Å². The second-order valence-electron chi connectivity index (χ2n) is 7.29. The van der Waals surface area contributed by atoms with Gasteiger partial charge in [0.2, 0.25) is 0 Å². The standard InChI is InChI=1S/C20H21F3N6O3/c1-4-16(28-13(3)9-18(26-28)29(31)32)19(30)24-17-8-12(2)27(25-17)11-14-6-5-7-15(10-14)20(21,22)23/h5-10,16H,4,11H2,1-3H3,(H,24,25,30). The van der Waals surface area contributed by atoms with Gasteiger partial charge in [0.1, 0.15) is 0 Å². The van der Waals surface area contributed by atoms with Crippen molar-refractivity contribution in [2.75, 3.05) is 5.32 Å². The molecule has 0 fully saturated rings. The number of alkyl halides is 3. The van der Waals surface area contributed by atoms with Crippen LogP contribution in [0.25, 0.3) is 0 Å². The molecule has 12 heteroatoms. The van der Waals surface area contributed by atoms with Gasteiger partial charge < -0.3 is 15.4 Å². The minimum Gasteiger partial charge on any atom is -0.358 e. The molecule has 170 valence electrons. The van der Waals surface area contributed by atoms with Crippen molar-refractivity contribution in [3.05, 3.63) is 69.0 Å². The van der Waals surface area contributed by atoms with Crippen LogP contribution in [0.15, 0.2) is 36.4 Å². The molecule has 0 aliphatic carbocycles. The Bertz CT molecular complexity index is 1150. The molecule has 3 aromatic rings. The Hall–Kier alpha value is -3.70. The van der Waals surface area contributed by atoms with E-state index in [1.54, 1.807) is 32.9 Å². The number of anilines is 1. The summed E-state index contributed by atoms with van der Waals surface area (Å²) in [4.78, 5) is 23.1. The van der Waals surface area contributed by atoms with Gasteiger partial charge in [-0.1, -0.05) is 19.1 Å². The fraction of sp³-hybridized carbons (Fsp3) is 0.350. The lowest BCUT2D eigenvalue weighted by Gasteiger charge is -2.13. The number of benzene rings is 1. The van der Waals surface area contributed by atoms with Gasteiger partial charge in [-0.15, -0.1) is 0 Å². The molecule has 0 saturated heterocycles. The molecule has 9 nitrogen and oxygen atoms in total. The SMILES string of the molecule is CCC(C(=O)Nc1cc(C)n(Cc2cccc(C(F)(F)F)c2)n1)n1nc([N+](=O)[O-])cc1C. The number of rotatable bonds is 7. The molecule has 0 bridgehead atoms. The maximum absolute atomic E-state index is 12.9. The number of nitrogens with zero attached hydrogens (tertiary/aromatic N) is 5. The number of halogens is 3. The van der Waals surface area contributed by atoms with E-state index in [2.05, 4.69) is 15.5 Å². The molecule has 32 heavy (non-hydrogen) atoms. The van der Waals surface area contributed by atoms with Crippen molar-refractivity contribution in [2.24, 2.45) is 0 Å². The summed E-state index contributed by atoms with van der Waals surface area (Å²) in [5, 5.41) is 21.8. The van der Waals surface area contributed by atoms with Crippen molar-refractivity contribution >= 4 is 17.5 Å². The average Bonchev–Trinajstić information content (AvgIpc) is 3.25. The van der Waals surface area contributed by atoms with Crippen molar-refractivity contribution in [2.45, 2.75) is 46.0 Å². The third-order valence-corrected chi connectivity index (χ3v) is 4.90. The van der Waals surface area contributed by atoms with Crippen LogP contribution in [-0.4, -0.2) is 30.4 Å². The molecule has 1 aromatic carbocycles. The van der Waals surface area contributed by atoms with Crippen LogP contribution in [0.5, 0.6) is 0 Å². The second kappa shape index (κ2) is 8.81. The number of carbonyl (C=O) groups excluding carboxylic acids is 1. The maximum atomic E-state index is 12.9. The summed E-state index contributed by atoms with van der Waals surface area (Å²) in [6.45, 7) is 5.17. The van der Waals surface area contributed by atoms with Crippen LogP contribution in [0.3, 0.4) is 0 Å². The van der Waals surface area contributed by atoms with E-state index >= 15 is 0 Å². The smallest absolute Gasteiger partial charge is 0.358 e. The number of nitrogens with one attached hydrogen (secondary N) is 1. The van der Waals surface area contributed by atoms with E-state index in [9.17, 15) is 28.1 Å². The predicted molar refractivity (Wildman–Crippen MR) is 109 cm³/mol. The van der Waals surface area contributed by atoms with Crippen LogP contribution in [0.4, 0.5) is 24.8 Å². The molecule has 1 atom stereocenters. The first kappa shape index (κ1) is 23.0. The Morgan fingerprint density at radius 1 is 1.19 bits per heavy atom. The van der Waals surface area contributed by atoms with Crippen molar-refractivity contribution < 1.29 is 22.9 Å². The van der Waals surface area contributed by atoms with Gasteiger partial charge in [-0.25, -0.2) is 0 Å². The third-order valence-electron chi connectivity index (χ3n) is 4.90. The minimum atomic E-state index is -4.44. The Morgan fingerprint density at radius 2 is 1.91 bits per heavy atom. The molecular formula is C20H21F3N6O3. The molecule has 2 heterocycles. The van der Waals surface area contributed by atoms with Crippen molar-refractivity contribution in [1.82, 2.24) is 19.6 Å². The Labute approximate surface area is 181 Å². The zero-order valence-electron chi connectivity index (χ0n) is 17.6. The minimum absolute atomic E-state index is 0.0906. The third kappa shape index (κ3) is 4.95. The first-order valence-electron chi connectivity index (χ1n) is 9.71. The van der Waals surface area contributed by atoms with Crippen molar-refractivity contribution in [3.63, 3.8) is 0 Å². The van der Waals surface area contributed by atoms with E-state index in [1.807, 2.05) is 0 Å². The van der Waals surface area contributed by atoms with Crippen LogP contribution < -0.4 is 5.32 Å².